The summed E-state index contributed by atoms with van der Waals surface area (Å²) >= 11 is 0. The Balaban J connectivity index is 2.04. The van der Waals surface area contributed by atoms with Crippen LogP contribution < -0.4 is 14.2 Å². The molecule has 5 aromatic rings. The van der Waals surface area contributed by atoms with Crippen molar-refractivity contribution in [3.8, 4) is 17.2 Å². The second-order valence-electron chi connectivity index (χ2n) is 6.74. The summed E-state index contributed by atoms with van der Waals surface area (Å²) in [7, 11) is 5.05. The van der Waals surface area contributed by atoms with Crippen molar-refractivity contribution in [2.75, 3.05) is 21.3 Å². The molecule has 0 bridgehead atoms. The van der Waals surface area contributed by atoms with Gasteiger partial charge in [0.15, 0.2) is 0 Å². The van der Waals surface area contributed by atoms with Crippen molar-refractivity contribution in [2.45, 2.75) is 0 Å². The monoisotopic (exact) mass is 369 g/mol. The van der Waals surface area contributed by atoms with Crippen molar-refractivity contribution in [3.05, 3.63) is 60.8 Å². The van der Waals surface area contributed by atoms with E-state index in [1.165, 1.54) is 5.39 Å². The van der Waals surface area contributed by atoms with Gasteiger partial charge in [-0.25, -0.2) is 0 Å². The van der Waals surface area contributed by atoms with E-state index in [1.54, 1.807) is 27.5 Å². The molecule has 0 fully saturated rings. The van der Waals surface area contributed by atoms with Gasteiger partial charge in [-0.2, -0.15) is 0 Å². The molecule has 0 aliphatic carbocycles. The van der Waals surface area contributed by atoms with Gasteiger partial charge in [0.2, 0.25) is 0 Å². The molecule has 4 aromatic carbocycles. The number of ether oxygens (including phenoxy) is 3. The Hall–Kier alpha value is -3.53. The van der Waals surface area contributed by atoms with Crippen LogP contribution in [-0.2, 0) is 0 Å². The van der Waals surface area contributed by atoms with Gasteiger partial charge in [-0.3, -0.25) is 4.98 Å². The fourth-order valence-electron chi connectivity index (χ4n) is 4.06. The second-order valence-corrected chi connectivity index (χ2v) is 6.74. The number of aromatic nitrogens is 1. The number of hydrogen-bond acceptors (Lipinski definition) is 4. The number of benzene rings is 4. The lowest BCUT2D eigenvalue weighted by Crippen LogP contribution is -1.93. The topological polar surface area (TPSA) is 40.6 Å². The number of rotatable bonds is 3. The van der Waals surface area contributed by atoms with Crippen molar-refractivity contribution in [1.82, 2.24) is 4.98 Å². The van der Waals surface area contributed by atoms with E-state index in [0.29, 0.717) is 0 Å². The van der Waals surface area contributed by atoms with Crippen LogP contribution in [0.1, 0.15) is 0 Å². The van der Waals surface area contributed by atoms with Crippen molar-refractivity contribution in [3.63, 3.8) is 0 Å². The summed E-state index contributed by atoms with van der Waals surface area (Å²) in [4.78, 5) is 4.66. The molecule has 0 aliphatic heterocycles. The van der Waals surface area contributed by atoms with Crippen molar-refractivity contribution < 1.29 is 14.2 Å². The molecule has 4 nitrogen and oxygen atoms in total. The Labute approximate surface area is 162 Å². The smallest absolute Gasteiger partial charge is 0.137 e. The zero-order valence-electron chi connectivity index (χ0n) is 15.9. The van der Waals surface area contributed by atoms with Gasteiger partial charge in [0.1, 0.15) is 17.2 Å². The molecule has 0 spiro atoms. The molecular weight excluding hydrogens is 350 g/mol. The average molecular weight is 369 g/mol. The summed E-state index contributed by atoms with van der Waals surface area (Å²) in [5.74, 6) is 2.33. The summed E-state index contributed by atoms with van der Waals surface area (Å²) in [5.41, 5.74) is 0.911. The van der Waals surface area contributed by atoms with E-state index in [0.717, 1.165) is 55.1 Å². The third-order valence-corrected chi connectivity index (χ3v) is 5.35. The summed E-state index contributed by atoms with van der Waals surface area (Å²) in [6.07, 6.45) is 1.75. The molecule has 0 amide bonds. The SMILES string of the molecule is COc1cnc2c(c1)cc(OC)c1c2ccc2c3ccccc3cc(OC)c21. The van der Waals surface area contributed by atoms with Crippen LogP contribution in [0.5, 0.6) is 17.2 Å². The molecule has 4 heteroatoms. The van der Waals surface area contributed by atoms with Crippen LogP contribution in [0.15, 0.2) is 60.8 Å². The highest BCUT2D eigenvalue weighted by atomic mass is 16.5. The molecular formula is C24H19NO3. The van der Waals surface area contributed by atoms with Crippen molar-refractivity contribution >= 4 is 43.2 Å². The average Bonchev–Trinajstić information content (AvgIpc) is 2.76. The molecule has 0 N–H and O–H groups in total. The quantitative estimate of drug-likeness (QED) is 0.381. The molecule has 0 unspecified atom stereocenters. The van der Waals surface area contributed by atoms with Gasteiger partial charge in [0, 0.05) is 21.5 Å². The Bertz CT molecular complexity index is 1380. The minimum Gasteiger partial charge on any atom is -0.496 e. The summed E-state index contributed by atoms with van der Waals surface area (Å²) in [6.45, 7) is 0. The minimum absolute atomic E-state index is 0.721. The normalized spacial score (nSPS) is 11.4. The van der Waals surface area contributed by atoms with Crippen LogP contribution >= 0.6 is 0 Å². The van der Waals surface area contributed by atoms with Gasteiger partial charge in [0.05, 0.1) is 33.0 Å². The summed E-state index contributed by atoms with van der Waals surface area (Å²) in [5, 5.41) is 7.51. The summed E-state index contributed by atoms with van der Waals surface area (Å²) in [6, 6.07) is 18.7. The first-order valence-electron chi connectivity index (χ1n) is 9.08. The number of methoxy groups -OCH3 is 3. The Morgan fingerprint density at radius 2 is 1.32 bits per heavy atom. The molecule has 0 saturated carbocycles. The molecule has 0 aliphatic rings. The maximum Gasteiger partial charge on any atom is 0.137 e. The number of fused-ring (bicyclic) bond motifs is 7. The van der Waals surface area contributed by atoms with Gasteiger partial charge >= 0.3 is 0 Å². The number of nitrogens with zero attached hydrogens (tertiary/aromatic N) is 1. The molecule has 28 heavy (non-hydrogen) atoms. The third kappa shape index (κ3) is 2.28. The highest BCUT2D eigenvalue weighted by Gasteiger charge is 2.17. The second kappa shape index (κ2) is 6.27. The fraction of sp³-hybridized carbons (Fsp3) is 0.125. The zero-order valence-corrected chi connectivity index (χ0v) is 15.9. The molecule has 1 heterocycles. The number of hydrogen-bond donors (Lipinski definition) is 0. The highest BCUT2D eigenvalue weighted by molar-refractivity contribution is 6.25. The fourth-order valence-corrected chi connectivity index (χ4v) is 4.06. The first kappa shape index (κ1) is 16.6. The first-order valence-corrected chi connectivity index (χ1v) is 9.08. The maximum atomic E-state index is 5.80. The Morgan fingerprint density at radius 1 is 0.643 bits per heavy atom. The van der Waals surface area contributed by atoms with Crippen LogP contribution in [0.2, 0.25) is 0 Å². The van der Waals surface area contributed by atoms with Crippen LogP contribution in [0.3, 0.4) is 0 Å². The Kier molecular flexibility index (Phi) is 3.72. The van der Waals surface area contributed by atoms with E-state index in [1.807, 2.05) is 18.2 Å². The molecule has 1 aromatic heterocycles. The first-order chi connectivity index (χ1) is 13.7. The van der Waals surface area contributed by atoms with E-state index in [9.17, 15) is 0 Å². The van der Waals surface area contributed by atoms with Gasteiger partial charge in [-0.1, -0.05) is 36.4 Å². The van der Waals surface area contributed by atoms with Crippen LogP contribution in [-0.4, -0.2) is 26.3 Å². The predicted molar refractivity (Wildman–Crippen MR) is 114 cm³/mol. The van der Waals surface area contributed by atoms with Gasteiger partial charge < -0.3 is 14.2 Å². The molecule has 138 valence electrons. The minimum atomic E-state index is 0.721. The predicted octanol–water partition coefficient (Wildman–Crippen LogP) is 5.72. The maximum absolute atomic E-state index is 5.80. The standard InChI is InChI=1S/C24H19NO3/c1-26-16-10-15-12-21(28-3)23-19(24(15)25-13-16)9-8-18-17-7-5-4-6-14(17)11-20(27-2)22(18)23/h4-13H,1-3H3. The van der Waals surface area contributed by atoms with Gasteiger partial charge in [-0.15, -0.1) is 0 Å². The molecule has 0 radical (unpaired) electrons. The highest BCUT2D eigenvalue weighted by Crippen LogP contribution is 2.44. The lowest BCUT2D eigenvalue weighted by molar-refractivity contribution is 0.413. The molecule has 5 rings (SSSR count). The lowest BCUT2D eigenvalue weighted by Gasteiger charge is -2.16. The third-order valence-electron chi connectivity index (χ3n) is 5.35. The lowest BCUT2D eigenvalue weighted by atomic mass is 9.94. The van der Waals surface area contributed by atoms with E-state index < -0.39 is 0 Å². The molecule has 0 saturated heterocycles. The van der Waals surface area contributed by atoms with E-state index >= 15 is 0 Å². The largest absolute Gasteiger partial charge is 0.496 e. The van der Waals surface area contributed by atoms with Crippen molar-refractivity contribution in [1.29, 1.82) is 0 Å². The molecule has 0 atom stereocenters. The van der Waals surface area contributed by atoms with E-state index in [4.69, 9.17) is 14.2 Å². The Morgan fingerprint density at radius 3 is 2.07 bits per heavy atom. The van der Waals surface area contributed by atoms with Gasteiger partial charge in [-0.05, 0) is 34.4 Å². The van der Waals surface area contributed by atoms with Crippen molar-refractivity contribution in [2.24, 2.45) is 0 Å². The van der Waals surface area contributed by atoms with E-state index in [2.05, 4.69) is 41.4 Å². The van der Waals surface area contributed by atoms with Crippen LogP contribution in [0.25, 0.3) is 43.2 Å². The summed E-state index contributed by atoms with van der Waals surface area (Å²) < 4.78 is 16.9. The van der Waals surface area contributed by atoms with E-state index in [-0.39, 0.29) is 0 Å². The van der Waals surface area contributed by atoms with Crippen LogP contribution in [0, 0.1) is 0 Å². The van der Waals surface area contributed by atoms with Crippen LogP contribution in [0.4, 0.5) is 0 Å². The van der Waals surface area contributed by atoms with Gasteiger partial charge in [0.25, 0.3) is 0 Å². The zero-order chi connectivity index (χ0) is 19.3. The number of pyridine rings is 1.